The molecule has 1 N–H and O–H groups in total. The molecule has 1 unspecified atom stereocenters. The summed E-state index contributed by atoms with van der Waals surface area (Å²) in [6.45, 7) is 1.11. The first-order valence-corrected chi connectivity index (χ1v) is 6.76. The number of hydrogen-bond donors (Lipinski definition) is 1. The van der Waals surface area contributed by atoms with Crippen molar-refractivity contribution in [3.8, 4) is 0 Å². The van der Waals surface area contributed by atoms with Crippen LogP contribution >= 0.6 is 0 Å². The molecule has 0 aliphatic heterocycles. The minimum atomic E-state index is -0.781. The molecule has 0 aliphatic rings. The summed E-state index contributed by atoms with van der Waals surface area (Å²) in [6.07, 6.45) is 2.45. The fraction of sp³-hybridized carbons (Fsp3) is 0.455. The van der Waals surface area contributed by atoms with E-state index >= 15 is 0 Å². The molecular formula is C11H15F2NOS. The lowest BCUT2D eigenvalue weighted by Crippen LogP contribution is -2.16. The molecule has 0 saturated carbocycles. The van der Waals surface area contributed by atoms with Gasteiger partial charge in [0.2, 0.25) is 0 Å². The van der Waals surface area contributed by atoms with Gasteiger partial charge in [-0.25, -0.2) is 8.78 Å². The lowest BCUT2D eigenvalue weighted by molar-refractivity contribution is 0.575. The van der Waals surface area contributed by atoms with Crippen molar-refractivity contribution in [2.45, 2.75) is 13.0 Å². The number of benzene rings is 1. The van der Waals surface area contributed by atoms with Crippen molar-refractivity contribution in [1.82, 2.24) is 5.32 Å². The second-order valence-electron chi connectivity index (χ2n) is 3.59. The zero-order valence-corrected chi connectivity index (χ0v) is 9.95. The first-order valence-electron chi connectivity index (χ1n) is 5.03. The van der Waals surface area contributed by atoms with Gasteiger partial charge in [0.1, 0.15) is 11.6 Å². The largest absolute Gasteiger partial charge is 0.313 e. The van der Waals surface area contributed by atoms with Crippen LogP contribution in [0.3, 0.4) is 0 Å². The summed E-state index contributed by atoms with van der Waals surface area (Å²) in [7, 11) is -0.781. The standard InChI is InChI=1S/C11H15F2NOS/c1-16(15)4-2-3-14-8-9-5-10(12)7-11(13)6-9/h5-7,14H,2-4,8H2,1H3. The van der Waals surface area contributed by atoms with E-state index in [1.54, 1.807) is 6.26 Å². The molecule has 1 aromatic carbocycles. The van der Waals surface area contributed by atoms with Crippen LogP contribution in [0.5, 0.6) is 0 Å². The highest BCUT2D eigenvalue weighted by Crippen LogP contribution is 2.07. The third kappa shape index (κ3) is 5.32. The smallest absolute Gasteiger partial charge is 0.126 e. The maximum absolute atomic E-state index is 12.8. The molecule has 0 heterocycles. The van der Waals surface area contributed by atoms with Gasteiger partial charge in [0, 0.05) is 35.4 Å². The molecule has 5 heteroatoms. The van der Waals surface area contributed by atoms with Gasteiger partial charge in [0.05, 0.1) is 0 Å². The molecule has 0 fully saturated rings. The van der Waals surface area contributed by atoms with E-state index in [0.717, 1.165) is 12.5 Å². The van der Waals surface area contributed by atoms with E-state index < -0.39 is 22.4 Å². The molecule has 0 bridgehead atoms. The monoisotopic (exact) mass is 247 g/mol. The average molecular weight is 247 g/mol. The summed E-state index contributed by atoms with van der Waals surface area (Å²) in [4.78, 5) is 0. The van der Waals surface area contributed by atoms with Crippen molar-refractivity contribution >= 4 is 10.8 Å². The van der Waals surface area contributed by atoms with E-state index in [4.69, 9.17) is 0 Å². The van der Waals surface area contributed by atoms with Gasteiger partial charge in [-0.1, -0.05) is 0 Å². The number of nitrogens with one attached hydrogen (secondary N) is 1. The second kappa shape index (κ2) is 6.70. The molecular weight excluding hydrogens is 232 g/mol. The molecule has 0 saturated heterocycles. The lowest BCUT2D eigenvalue weighted by Gasteiger charge is -2.04. The Morgan fingerprint density at radius 1 is 1.25 bits per heavy atom. The molecule has 2 nitrogen and oxygen atoms in total. The van der Waals surface area contributed by atoms with E-state index in [-0.39, 0.29) is 0 Å². The second-order valence-corrected chi connectivity index (χ2v) is 5.14. The topological polar surface area (TPSA) is 29.1 Å². The lowest BCUT2D eigenvalue weighted by atomic mass is 10.2. The Labute approximate surface area is 96.5 Å². The van der Waals surface area contributed by atoms with Crippen LogP contribution in [-0.4, -0.2) is 22.8 Å². The molecule has 0 amide bonds. The maximum atomic E-state index is 12.8. The van der Waals surface area contributed by atoms with Crippen molar-refractivity contribution in [2.24, 2.45) is 0 Å². The Morgan fingerprint density at radius 3 is 2.44 bits per heavy atom. The summed E-state index contributed by atoms with van der Waals surface area (Å²) in [5, 5.41) is 3.04. The fourth-order valence-electron chi connectivity index (χ4n) is 1.35. The van der Waals surface area contributed by atoms with Crippen molar-refractivity contribution in [3.05, 3.63) is 35.4 Å². The van der Waals surface area contributed by atoms with Crippen molar-refractivity contribution in [3.63, 3.8) is 0 Å². The average Bonchev–Trinajstić information content (AvgIpc) is 2.15. The van der Waals surface area contributed by atoms with E-state index in [1.807, 2.05) is 0 Å². The fourth-order valence-corrected chi connectivity index (χ4v) is 1.90. The summed E-state index contributed by atoms with van der Waals surface area (Å²) in [5.41, 5.74) is 0.579. The van der Waals surface area contributed by atoms with Crippen LogP contribution in [-0.2, 0) is 17.3 Å². The highest BCUT2D eigenvalue weighted by molar-refractivity contribution is 7.84. The molecule has 0 radical (unpaired) electrons. The minimum absolute atomic E-state index is 0.422. The Hall–Kier alpha value is -0.810. The third-order valence-corrected chi connectivity index (χ3v) is 2.90. The van der Waals surface area contributed by atoms with Gasteiger partial charge >= 0.3 is 0 Å². The molecule has 1 rings (SSSR count). The first kappa shape index (κ1) is 13.3. The molecule has 1 atom stereocenters. The van der Waals surface area contributed by atoms with Crippen LogP contribution in [0.25, 0.3) is 0 Å². The van der Waals surface area contributed by atoms with Crippen molar-refractivity contribution < 1.29 is 13.0 Å². The Bertz CT molecular complexity index is 351. The van der Waals surface area contributed by atoms with E-state index in [9.17, 15) is 13.0 Å². The minimum Gasteiger partial charge on any atom is -0.313 e. The van der Waals surface area contributed by atoms with Crippen LogP contribution < -0.4 is 5.32 Å². The third-order valence-electron chi connectivity index (χ3n) is 2.04. The normalized spacial score (nSPS) is 12.7. The molecule has 16 heavy (non-hydrogen) atoms. The molecule has 0 aromatic heterocycles. The van der Waals surface area contributed by atoms with Crippen LogP contribution in [0.1, 0.15) is 12.0 Å². The SMILES string of the molecule is CS(=O)CCCNCc1cc(F)cc(F)c1. The van der Waals surface area contributed by atoms with Gasteiger partial charge in [-0.3, -0.25) is 4.21 Å². The number of hydrogen-bond acceptors (Lipinski definition) is 2. The van der Waals surface area contributed by atoms with Crippen molar-refractivity contribution in [1.29, 1.82) is 0 Å². The van der Waals surface area contributed by atoms with Crippen LogP contribution in [0.2, 0.25) is 0 Å². The number of halogens is 2. The Morgan fingerprint density at radius 2 is 1.88 bits per heavy atom. The summed E-state index contributed by atoms with van der Waals surface area (Å²) < 4.78 is 36.4. The highest BCUT2D eigenvalue weighted by Gasteiger charge is 2.00. The van der Waals surface area contributed by atoms with Crippen LogP contribution in [0, 0.1) is 11.6 Å². The Kier molecular flexibility index (Phi) is 5.55. The highest BCUT2D eigenvalue weighted by atomic mass is 32.2. The molecule has 0 aliphatic carbocycles. The number of rotatable bonds is 6. The quantitative estimate of drug-likeness (QED) is 0.777. The molecule has 0 spiro atoms. The predicted octanol–water partition coefficient (Wildman–Crippen LogP) is 1.82. The van der Waals surface area contributed by atoms with Crippen LogP contribution in [0.15, 0.2) is 18.2 Å². The zero-order chi connectivity index (χ0) is 12.0. The van der Waals surface area contributed by atoms with Crippen LogP contribution in [0.4, 0.5) is 8.78 Å². The van der Waals surface area contributed by atoms with Gasteiger partial charge in [-0.15, -0.1) is 0 Å². The first-order chi connectivity index (χ1) is 7.58. The summed E-state index contributed by atoms with van der Waals surface area (Å²) in [5.74, 6) is -0.484. The summed E-state index contributed by atoms with van der Waals surface area (Å²) >= 11 is 0. The van der Waals surface area contributed by atoms with E-state index in [1.165, 1.54) is 12.1 Å². The van der Waals surface area contributed by atoms with Gasteiger partial charge in [0.25, 0.3) is 0 Å². The van der Waals surface area contributed by atoms with E-state index in [0.29, 0.717) is 24.4 Å². The van der Waals surface area contributed by atoms with Gasteiger partial charge in [-0.2, -0.15) is 0 Å². The molecule has 90 valence electrons. The van der Waals surface area contributed by atoms with Crippen molar-refractivity contribution in [2.75, 3.05) is 18.6 Å². The predicted molar refractivity (Wildman–Crippen MR) is 61.6 cm³/mol. The van der Waals surface area contributed by atoms with Gasteiger partial charge in [0.15, 0.2) is 0 Å². The van der Waals surface area contributed by atoms with Gasteiger partial charge in [-0.05, 0) is 30.7 Å². The van der Waals surface area contributed by atoms with Gasteiger partial charge < -0.3 is 5.32 Å². The Balaban J connectivity index is 2.29. The zero-order valence-electron chi connectivity index (χ0n) is 9.13. The maximum Gasteiger partial charge on any atom is 0.126 e. The molecule has 1 aromatic rings. The van der Waals surface area contributed by atoms with E-state index in [2.05, 4.69) is 5.32 Å². The summed E-state index contributed by atoms with van der Waals surface area (Å²) in [6, 6.07) is 3.45.